The van der Waals surface area contributed by atoms with Gasteiger partial charge in [-0.05, 0) is 34.0 Å². The van der Waals surface area contributed by atoms with E-state index >= 15 is 0 Å². The molecule has 2 aromatic rings. The topological polar surface area (TPSA) is 12.0 Å². The van der Waals surface area contributed by atoms with E-state index in [1.54, 1.807) is 0 Å². The van der Waals surface area contributed by atoms with Crippen LogP contribution < -0.4 is 5.32 Å². The molecule has 0 spiro atoms. The molecule has 0 amide bonds. The molecule has 0 heterocycles. The van der Waals surface area contributed by atoms with Crippen LogP contribution >= 0.6 is 15.9 Å². The second kappa shape index (κ2) is 5.96. The van der Waals surface area contributed by atoms with Gasteiger partial charge >= 0.3 is 0 Å². The lowest BCUT2D eigenvalue weighted by Gasteiger charge is -2.08. The first-order valence-corrected chi connectivity index (χ1v) is 6.38. The Labute approximate surface area is 113 Å². The molecule has 1 N–H and O–H groups in total. The molecule has 0 radical (unpaired) electrons. The van der Waals surface area contributed by atoms with Crippen LogP contribution in [0.4, 0.5) is 14.5 Å². The van der Waals surface area contributed by atoms with Crippen molar-refractivity contribution >= 4 is 21.6 Å². The second-order valence-corrected chi connectivity index (χ2v) is 4.76. The maximum atomic E-state index is 13.5. The summed E-state index contributed by atoms with van der Waals surface area (Å²) >= 11 is 2.94. The zero-order chi connectivity index (χ0) is 13.0. The normalized spacial score (nSPS) is 10.4. The van der Waals surface area contributed by atoms with Gasteiger partial charge in [-0.25, -0.2) is 8.78 Å². The molecule has 1 nitrogen and oxygen atoms in total. The highest BCUT2D eigenvalue weighted by atomic mass is 79.9. The molecular formula is C14H12BrF2N. The van der Waals surface area contributed by atoms with E-state index in [0.29, 0.717) is 6.54 Å². The minimum Gasteiger partial charge on any atom is -0.382 e. The standard InChI is InChI=1S/C14H12BrF2N/c15-11-8-13(17)14(9-12(11)16)18-7-6-10-4-2-1-3-5-10/h1-5,8-9,18H,6-7H2. The molecule has 0 aliphatic heterocycles. The molecule has 0 bridgehead atoms. The average molecular weight is 312 g/mol. The number of hydrogen-bond acceptors (Lipinski definition) is 1. The summed E-state index contributed by atoms with van der Waals surface area (Å²) in [5.41, 5.74) is 1.34. The van der Waals surface area contributed by atoms with Crippen LogP contribution in [0.15, 0.2) is 46.9 Å². The highest BCUT2D eigenvalue weighted by molar-refractivity contribution is 9.10. The highest BCUT2D eigenvalue weighted by Gasteiger charge is 2.07. The van der Waals surface area contributed by atoms with Crippen molar-refractivity contribution in [1.29, 1.82) is 0 Å². The largest absolute Gasteiger partial charge is 0.382 e. The van der Waals surface area contributed by atoms with Gasteiger partial charge in [0, 0.05) is 12.6 Å². The van der Waals surface area contributed by atoms with Crippen LogP contribution in [0.25, 0.3) is 0 Å². The van der Waals surface area contributed by atoms with Crippen molar-refractivity contribution in [3.63, 3.8) is 0 Å². The van der Waals surface area contributed by atoms with Crippen LogP contribution in [-0.2, 0) is 6.42 Å². The Kier molecular flexibility index (Phi) is 4.31. The molecular weight excluding hydrogens is 300 g/mol. The van der Waals surface area contributed by atoms with Gasteiger partial charge in [0.2, 0.25) is 0 Å². The summed E-state index contributed by atoms with van der Waals surface area (Å²) in [5.74, 6) is -0.935. The molecule has 2 rings (SSSR count). The van der Waals surface area contributed by atoms with Crippen LogP contribution in [0, 0.1) is 11.6 Å². The minimum atomic E-state index is -0.474. The van der Waals surface area contributed by atoms with Gasteiger partial charge in [-0.2, -0.15) is 0 Å². The van der Waals surface area contributed by atoms with E-state index in [1.807, 2.05) is 30.3 Å². The number of nitrogens with one attached hydrogen (secondary N) is 1. The molecule has 18 heavy (non-hydrogen) atoms. The van der Waals surface area contributed by atoms with Crippen molar-refractivity contribution in [3.05, 3.63) is 64.1 Å². The molecule has 0 saturated carbocycles. The number of rotatable bonds is 4. The Morgan fingerprint density at radius 1 is 1.00 bits per heavy atom. The van der Waals surface area contributed by atoms with Gasteiger partial charge < -0.3 is 5.32 Å². The second-order valence-electron chi connectivity index (χ2n) is 3.91. The summed E-state index contributed by atoms with van der Waals surface area (Å²) in [6, 6.07) is 12.1. The van der Waals surface area contributed by atoms with Gasteiger partial charge in [0.25, 0.3) is 0 Å². The Hall–Kier alpha value is -1.42. The number of benzene rings is 2. The van der Waals surface area contributed by atoms with E-state index in [4.69, 9.17) is 0 Å². The molecule has 0 aliphatic rings. The Bertz CT molecular complexity index is 529. The summed E-state index contributed by atoms with van der Waals surface area (Å²) in [5, 5.41) is 2.89. The Morgan fingerprint density at radius 2 is 1.72 bits per heavy atom. The van der Waals surface area contributed by atoms with Gasteiger partial charge in [0.15, 0.2) is 0 Å². The number of halogens is 3. The summed E-state index contributed by atoms with van der Waals surface area (Å²) in [6.07, 6.45) is 0.762. The summed E-state index contributed by atoms with van der Waals surface area (Å²) in [4.78, 5) is 0. The van der Waals surface area contributed by atoms with E-state index < -0.39 is 11.6 Å². The Morgan fingerprint density at radius 3 is 2.44 bits per heavy atom. The number of hydrogen-bond donors (Lipinski definition) is 1. The molecule has 0 unspecified atom stereocenters. The minimum absolute atomic E-state index is 0.133. The zero-order valence-corrected chi connectivity index (χ0v) is 11.2. The first-order valence-electron chi connectivity index (χ1n) is 5.59. The van der Waals surface area contributed by atoms with Crippen LogP contribution in [0.1, 0.15) is 5.56 Å². The average Bonchev–Trinajstić information content (AvgIpc) is 2.37. The third kappa shape index (κ3) is 3.29. The van der Waals surface area contributed by atoms with Crippen molar-refractivity contribution in [1.82, 2.24) is 0 Å². The lowest BCUT2D eigenvalue weighted by atomic mass is 10.1. The van der Waals surface area contributed by atoms with Crippen LogP contribution in [0.2, 0.25) is 0 Å². The first-order chi connectivity index (χ1) is 8.66. The van der Waals surface area contributed by atoms with E-state index in [-0.39, 0.29) is 10.2 Å². The summed E-state index contributed by atoms with van der Waals surface area (Å²) in [7, 11) is 0. The van der Waals surface area contributed by atoms with E-state index in [2.05, 4.69) is 21.2 Å². The zero-order valence-electron chi connectivity index (χ0n) is 9.59. The molecule has 4 heteroatoms. The molecule has 0 atom stereocenters. The van der Waals surface area contributed by atoms with Crippen LogP contribution in [0.3, 0.4) is 0 Å². The smallest absolute Gasteiger partial charge is 0.147 e. The quantitative estimate of drug-likeness (QED) is 0.826. The predicted octanol–water partition coefficient (Wildman–Crippen LogP) is 4.38. The van der Waals surface area contributed by atoms with Crippen LogP contribution in [0.5, 0.6) is 0 Å². The van der Waals surface area contributed by atoms with E-state index in [0.717, 1.165) is 24.1 Å². The van der Waals surface area contributed by atoms with Gasteiger partial charge in [0.05, 0.1) is 10.2 Å². The SMILES string of the molecule is Fc1cc(NCCc2ccccc2)c(F)cc1Br. The van der Waals surface area contributed by atoms with Crippen molar-refractivity contribution in [3.8, 4) is 0 Å². The lowest BCUT2D eigenvalue weighted by molar-refractivity contribution is 0.596. The third-order valence-electron chi connectivity index (χ3n) is 2.58. The maximum Gasteiger partial charge on any atom is 0.147 e. The van der Waals surface area contributed by atoms with Gasteiger partial charge in [-0.1, -0.05) is 30.3 Å². The fraction of sp³-hybridized carbons (Fsp3) is 0.143. The van der Waals surface area contributed by atoms with Crippen LogP contribution in [-0.4, -0.2) is 6.54 Å². The monoisotopic (exact) mass is 311 g/mol. The molecule has 0 aromatic heterocycles. The predicted molar refractivity (Wildman–Crippen MR) is 72.7 cm³/mol. The lowest BCUT2D eigenvalue weighted by Crippen LogP contribution is -2.06. The van der Waals surface area contributed by atoms with E-state index in [1.165, 1.54) is 0 Å². The van der Waals surface area contributed by atoms with Gasteiger partial charge in [-0.15, -0.1) is 0 Å². The molecule has 2 aromatic carbocycles. The van der Waals surface area contributed by atoms with E-state index in [9.17, 15) is 8.78 Å². The Balaban J connectivity index is 1.97. The molecule has 94 valence electrons. The van der Waals surface area contributed by atoms with Crippen molar-refractivity contribution in [2.45, 2.75) is 6.42 Å². The van der Waals surface area contributed by atoms with Crippen molar-refractivity contribution < 1.29 is 8.78 Å². The fourth-order valence-corrected chi connectivity index (χ4v) is 1.96. The number of anilines is 1. The third-order valence-corrected chi connectivity index (χ3v) is 3.19. The molecule has 0 saturated heterocycles. The van der Waals surface area contributed by atoms with Gasteiger partial charge in [-0.3, -0.25) is 0 Å². The van der Waals surface area contributed by atoms with Crippen molar-refractivity contribution in [2.24, 2.45) is 0 Å². The summed E-state index contributed by atoms with van der Waals surface area (Å²) in [6.45, 7) is 0.558. The maximum absolute atomic E-state index is 13.5. The molecule has 0 aliphatic carbocycles. The molecule has 0 fully saturated rings. The van der Waals surface area contributed by atoms with Crippen molar-refractivity contribution in [2.75, 3.05) is 11.9 Å². The first kappa shape index (κ1) is 13.0. The van der Waals surface area contributed by atoms with Gasteiger partial charge in [0.1, 0.15) is 11.6 Å². The summed E-state index contributed by atoms with van der Waals surface area (Å²) < 4.78 is 26.9. The fourth-order valence-electron chi connectivity index (χ4n) is 1.64. The highest BCUT2D eigenvalue weighted by Crippen LogP contribution is 2.23.